The number of aliphatic hydroxyl groups excluding tert-OH is 3. The molecular formula is C47H57N3O14. The van der Waals surface area contributed by atoms with Crippen LogP contribution in [0.1, 0.15) is 81.1 Å². The molecule has 3 aliphatic heterocycles. The fraction of sp³-hybridized carbons (Fsp3) is 0.426. The van der Waals surface area contributed by atoms with Crippen molar-refractivity contribution in [2.75, 3.05) is 12.4 Å². The first kappa shape index (κ1) is 48.8. The van der Waals surface area contributed by atoms with Crippen molar-refractivity contribution < 1.29 is 68.8 Å². The predicted octanol–water partition coefficient (Wildman–Crippen LogP) is 4.94. The molecule has 0 saturated heterocycles. The van der Waals surface area contributed by atoms with Gasteiger partial charge in [-0.1, -0.05) is 70.2 Å². The molecule has 0 radical (unpaired) electrons. The summed E-state index contributed by atoms with van der Waals surface area (Å²) in [5.41, 5.74) is 2.33. The Bertz CT molecular complexity index is 2420. The average molecular weight is 888 g/mol. The van der Waals surface area contributed by atoms with Gasteiger partial charge in [0.2, 0.25) is 5.91 Å². The third-order valence-corrected chi connectivity index (χ3v) is 12.1. The summed E-state index contributed by atoms with van der Waals surface area (Å²) in [7, 11) is 1.41. The zero-order valence-electron chi connectivity index (χ0n) is 37.2. The maximum absolute atomic E-state index is 14.5. The summed E-state index contributed by atoms with van der Waals surface area (Å²) in [5, 5.41) is 73.9. The number of methoxy groups -OCH3 is 1. The summed E-state index contributed by atoms with van der Waals surface area (Å²) in [6, 6.07) is 6.72. The molecule has 0 fully saturated rings. The summed E-state index contributed by atoms with van der Waals surface area (Å²) in [5.74, 6) is -9.94. The van der Waals surface area contributed by atoms with Gasteiger partial charge in [0.05, 0.1) is 66.0 Å². The van der Waals surface area contributed by atoms with Crippen molar-refractivity contribution in [1.29, 1.82) is 0 Å². The van der Waals surface area contributed by atoms with Gasteiger partial charge in [-0.05, 0) is 31.1 Å². The van der Waals surface area contributed by atoms with Crippen LogP contribution in [0.2, 0.25) is 0 Å². The van der Waals surface area contributed by atoms with Crippen LogP contribution in [0, 0.1) is 30.6 Å². The average Bonchev–Trinajstić information content (AvgIpc) is 3.52. The van der Waals surface area contributed by atoms with Crippen LogP contribution in [0.3, 0.4) is 0 Å². The fourth-order valence-corrected chi connectivity index (χ4v) is 8.14. The molecule has 0 aliphatic carbocycles. The lowest BCUT2D eigenvalue weighted by molar-refractivity contribution is -0.160. The molecule has 9 atom stereocenters. The number of aliphatic hydroxyl groups is 3. The predicted molar refractivity (Wildman–Crippen MR) is 236 cm³/mol. The molecule has 17 heteroatoms. The van der Waals surface area contributed by atoms with Gasteiger partial charge >= 0.3 is 11.8 Å². The van der Waals surface area contributed by atoms with Crippen molar-refractivity contribution in [3.8, 4) is 23.0 Å². The number of hydrogen-bond donors (Lipinski definition) is 8. The number of nitrogens with one attached hydrogen (secondary N) is 2. The van der Waals surface area contributed by atoms with Crippen LogP contribution in [0.25, 0.3) is 10.8 Å². The van der Waals surface area contributed by atoms with Gasteiger partial charge in [0, 0.05) is 61.2 Å². The number of Topliss-reactive ketones (excluding diaryl/α,β-unsaturated/α-hetero) is 1. The zero-order valence-corrected chi connectivity index (χ0v) is 37.2. The SMILES string of the molecule is COC1/C=C/OC2(C)Oc3c(C)c(O)c4c(O)c(c(/C=N/NC(=O)Cc5ccccc5CO)c(O)c4c3C2=O)NC(=O)/C(C)=C/C=C/C(C)C(O)C(C)C(O)C(C)C(OC(C)=O)C1C. The number of carbonyl (C=O) groups is 4. The Morgan fingerprint density at radius 2 is 1.61 bits per heavy atom. The third-order valence-electron chi connectivity index (χ3n) is 12.1. The molecule has 0 saturated carbocycles. The van der Waals surface area contributed by atoms with Crippen LogP contribution < -0.4 is 15.5 Å². The first-order valence-electron chi connectivity index (χ1n) is 20.8. The minimum Gasteiger partial charge on any atom is -0.507 e. The largest absolute Gasteiger partial charge is 0.507 e. The molecule has 0 spiro atoms. The van der Waals surface area contributed by atoms with E-state index in [4.69, 9.17) is 18.9 Å². The van der Waals surface area contributed by atoms with Crippen LogP contribution in [0.4, 0.5) is 5.69 Å². The smallest absolute Gasteiger partial charge is 0.312 e. The number of nitrogens with zero attached hydrogens (tertiary/aromatic N) is 1. The van der Waals surface area contributed by atoms with Crippen molar-refractivity contribution in [2.45, 2.75) is 98.6 Å². The lowest BCUT2D eigenvalue weighted by Gasteiger charge is -2.38. The molecule has 3 aromatic carbocycles. The molecule has 344 valence electrons. The van der Waals surface area contributed by atoms with Crippen LogP contribution in [-0.4, -0.2) is 97.7 Å². The lowest BCUT2D eigenvalue weighted by atomic mass is 9.78. The van der Waals surface area contributed by atoms with E-state index < -0.39 is 106 Å². The number of phenols is 3. The van der Waals surface area contributed by atoms with Crippen molar-refractivity contribution >= 4 is 46.2 Å². The number of esters is 1. The number of phenolic OH excluding ortho intramolecular Hbond substituents is 3. The number of allylic oxidation sites excluding steroid dienone is 2. The van der Waals surface area contributed by atoms with E-state index in [0.29, 0.717) is 11.1 Å². The first-order valence-corrected chi connectivity index (χ1v) is 20.8. The highest BCUT2D eigenvalue weighted by Gasteiger charge is 2.50. The fourth-order valence-electron chi connectivity index (χ4n) is 8.14. The Kier molecular flexibility index (Phi) is 15.3. The van der Waals surface area contributed by atoms with Crippen molar-refractivity contribution in [1.82, 2.24) is 5.43 Å². The van der Waals surface area contributed by atoms with Gasteiger partial charge in [-0.2, -0.15) is 5.10 Å². The Morgan fingerprint density at radius 3 is 2.25 bits per heavy atom. The molecule has 3 aromatic rings. The number of amides is 2. The number of carbonyl (C=O) groups excluding carboxylic acids is 4. The molecule has 3 aliphatic rings. The van der Waals surface area contributed by atoms with Gasteiger partial charge in [0.15, 0.2) is 5.75 Å². The number of hydrazone groups is 1. The molecule has 64 heavy (non-hydrogen) atoms. The van der Waals surface area contributed by atoms with Gasteiger partial charge < -0.3 is 54.9 Å². The standard InChI is InChI=1S/C47H57N3O14/c1-22-13-12-14-23(2)46(60)49-37-31(20-48-50-33(53)19-29-15-10-11-16-30(29)21-51)41(57)34-35(42(37)58)40(56)27(6)44-36(34)45(59)47(8,64-44)62-18-17-32(61-9)24(3)43(63-28(7)52)26(5)39(55)25(4)38(22)54/h10-18,20,22,24-26,32,38-39,43,51,54-58H,19,21H2,1-9H3,(H,49,60)(H,50,53)/b13-12+,18-17+,23-14+,48-20+. The summed E-state index contributed by atoms with van der Waals surface area (Å²) in [4.78, 5) is 53.6. The van der Waals surface area contributed by atoms with E-state index in [-0.39, 0.29) is 46.4 Å². The number of aromatic hydroxyl groups is 3. The van der Waals surface area contributed by atoms with Gasteiger partial charge in [0.1, 0.15) is 23.4 Å². The van der Waals surface area contributed by atoms with E-state index in [1.165, 1.54) is 53.0 Å². The molecule has 6 rings (SSSR count). The second kappa shape index (κ2) is 20.1. The van der Waals surface area contributed by atoms with Gasteiger partial charge in [-0.15, -0.1) is 0 Å². The van der Waals surface area contributed by atoms with E-state index in [1.54, 1.807) is 58.0 Å². The summed E-state index contributed by atoms with van der Waals surface area (Å²) in [6.45, 7) is 11.9. The minimum absolute atomic E-state index is 0.0200. The van der Waals surface area contributed by atoms with E-state index in [2.05, 4.69) is 15.8 Å². The number of hydrogen-bond acceptors (Lipinski definition) is 15. The summed E-state index contributed by atoms with van der Waals surface area (Å²) < 4.78 is 23.5. The second-order valence-electron chi connectivity index (χ2n) is 16.5. The van der Waals surface area contributed by atoms with Crippen molar-refractivity contribution in [3.05, 3.63) is 88.2 Å². The monoisotopic (exact) mass is 887 g/mol. The minimum atomic E-state index is -2.13. The Hall–Kier alpha value is -6.27. The highest BCUT2D eigenvalue weighted by molar-refractivity contribution is 6.24. The van der Waals surface area contributed by atoms with E-state index in [1.807, 2.05) is 0 Å². The van der Waals surface area contributed by atoms with Gasteiger partial charge in [-0.3, -0.25) is 19.2 Å². The number of ether oxygens (including phenoxy) is 4. The number of anilines is 1. The molecule has 5 bridgehead atoms. The van der Waals surface area contributed by atoms with Crippen molar-refractivity contribution in [3.63, 3.8) is 0 Å². The molecular weight excluding hydrogens is 831 g/mol. The number of fused-ring (bicyclic) bond motifs is 14. The molecule has 2 amide bonds. The maximum Gasteiger partial charge on any atom is 0.312 e. The molecule has 8 N–H and O–H groups in total. The maximum atomic E-state index is 14.5. The molecule has 17 nitrogen and oxygen atoms in total. The van der Waals surface area contributed by atoms with E-state index in [9.17, 15) is 49.8 Å². The number of rotatable bonds is 7. The zero-order chi connectivity index (χ0) is 47.4. The summed E-state index contributed by atoms with van der Waals surface area (Å²) >= 11 is 0. The highest BCUT2D eigenvalue weighted by Crippen LogP contribution is 2.55. The van der Waals surface area contributed by atoms with E-state index >= 15 is 0 Å². The molecule has 3 heterocycles. The van der Waals surface area contributed by atoms with Crippen LogP contribution in [0.15, 0.2) is 65.5 Å². The highest BCUT2D eigenvalue weighted by atomic mass is 16.7. The van der Waals surface area contributed by atoms with Crippen LogP contribution in [0.5, 0.6) is 23.0 Å². The van der Waals surface area contributed by atoms with Gasteiger partial charge in [0.25, 0.3) is 11.7 Å². The summed E-state index contributed by atoms with van der Waals surface area (Å²) in [6.07, 6.45) is 3.89. The second-order valence-corrected chi connectivity index (χ2v) is 16.5. The normalized spacial score (nSPS) is 28.5. The Balaban J connectivity index is 1.68. The lowest BCUT2D eigenvalue weighted by Crippen LogP contribution is -2.46. The van der Waals surface area contributed by atoms with E-state index in [0.717, 1.165) is 12.5 Å². The molecule has 9 unspecified atom stereocenters. The van der Waals surface area contributed by atoms with Crippen LogP contribution in [-0.2, 0) is 41.6 Å². The van der Waals surface area contributed by atoms with Gasteiger partial charge in [-0.25, -0.2) is 5.43 Å². The Labute approximate surface area is 370 Å². The Morgan fingerprint density at radius 1 is 0.938 bits per heavy atom. The molecule has 0 aromatic heterocycles. The van der Waals surface area contributed by atoms with Crippen molar-refractivity contribution in [2.24, 2.45) is 28.8 Å². The number of benzene rings is 3. The third kappa shape index (κ3) is 9.77. The topological polar surface area (TPSA) is 263 Å². The number of ketones is 1. The van der Waals surface area contributed by atoms with Crippen LogP contribution >= 0.6 is 0 Å². The first-order chi connectivity index (χ1) is 30.2. The quantitative estimate of drug-likeness (QED) is 0.0514.